The number of nitrogens with one attached hydrogen (secondary N) is 2. The zero-order valence-corrected chi connectivity index (χ0v) is 55.5. The molecule has 1 amide bonds. The molecule has 21 heteroatoms. The molecule has 5 heterocycles. The fourth-order valence-corrected chi connectivity index (χ4v) is 12.8. The number of ether oxygens (including phenoxy) is 4. The summed E-state index contributed by atoms with van der Waals surface area (Å²) in [6, 6.07) is 36.5. The lowest BCUT2D eigenvalue weighted by Crippen LogP contribution is -2.43. The van der Waals surface area contributed by atoms with Crippen molar-refractivity contribution in [2.75, 3.05) is 68.9 Å². The van der Waals surface area contributed by atoms with Gasteiger partial charge in [0.15, 0.2) is 12.4 Å². The second-order valence-corrected chi connectivity index (χ2v) is 26.3. The molecule has 94 heavy (non-hydrogen) atoms. The van der Waals surface area contributed by atoms with Crippen molar-refractivity contribution in [1.29, 1.82) is 0 Å². The highest BCUT2D eigenvalue weighted by Crippen LogP contribution is 2.36. The lowest BCUT2D eigenvalue weighted by atomic mass is 9.86. The first-order chi connectivity index (χ1) is 45.5. The number of benzene rings is 4. The van der Waals surface area contributed by atoms with Gasteiger partial charge in [0.05, 0.1) is 56.5 Å². The maximum atomic E-state index is 12.9. The molecule has 2 saturated heterocycles. The van der Waals surface area contributed by atoms with Gasteiger partial charge in [0, 0.05) is 113 Å². The molecule has 2 aromatic heterocycles. The van der Waals surface area contributed by atoms with Crippen molar-refractivity contribution in [1.82, 2.24) is 24.3 Å². The van der Waals surface area contributed by atoms with Gasteiger partial charge in [-0.3, -0.25) is 24.2 Å². The van der Waals surface area contributed by atoms with Crippen LogP contribution in [0, 0.1) is 18.8 Å². The van der Waals surface area contributed by atoms with Crippen LogP contribution in [0.4, 0.5) is 17.2 Å². The normalized spacial score (nSPS) is 18.7. The number of aliphatic imine (C=N–C) groups is 1. The summed E-state index contributed by atoms with van der Waals surface area (Å²) in [6.45, 7) is 14.0. The molecule has 6 aromatic rings. The van der Waals surface area contributed by atoms with Crippen molar-refractivity contribution in [2.45, 2.75) is 154 Å². The number of hydrogen-bond acceptors (Lipinski definition) is 20. The quantitative estimate of drug-likeness (QED) is 0.0133. The van der Waals surface area contributed by atoms with E-state index in [0.29, 0.717) is 109 Å². The number of likely N-dealkylation sites (tertiary alicyclic amines) is 1. The van der Waals surface area contributed by atoms with Crippen LogP contribution in [0.15, 0.2) is 143 Å². The SMILES string of the molecule is CC(C)(C)NCC(Cc1nsnc1N1CCOCC1)OC(=O)CCC/C=C\CC1C(=O)C[C@@H](O)C1CCC(=O)Cc1ccccc1.Cc1ccc(N(CC2=NCCN2)c2cccc(OC(=O)COc3ccc(CN4C(=O)CC[C@@H]4CCC(O)Cc4ccco4)cc3)c2)cc1. The van der Waals surface area contributed by atoms with Crippen LogP contribution in [0.2, 0.25) is 0 Å². The maximum Gasteiger partial charge on any atom is 0.349 e. The summed E-state index contributed by atoms with van der Waals surface area (Å²) < 4.78 is 37.2. The van der Waals surface area contributed by atoms with Gasteiger partial charge in [-0.15, -0.1) is 0 Å². The van der Waals surface area contributed by atoms with Gasteiger partial charge >= 0.3 is 11.9 Å². The average Bonchev–Trinajstić information content (AvgIpc) is 1.39. The Bertz CT molecular complexity index is 3420. The number of esters is 2. The molecule has 4 N–H and O–H groups in total. The number of amides is 1. The zero-order chi connectivity index (χ0) is 66.2. The number of hydrogen-bond donors (Lipinski definition) is 4. The van der Waals surface area contributed by atoms with Gasteiger partial charge in [-0.1, -0.05) is 78.4 Å². The Morgan fingerprint density at radius 3 is 2.41 bits per heavy atom. The summed E-state index contributed by atoms with van der Waals surface area (Å²) in [7, 11) is 0. The molecule has 4 unspecified atom stereocenters. The second kappa shape index (κ2) is 35.4. The van der Waals surface area contributed by atoms with E-state index in [-0.39, 0.29) is 72.4 Å². The van der Waals surface area contributed by atoms with E-state index in [0.717, 1.165) is 84.6 Å². The number of carbonyl (C=O) groups is 5. The number of amidine groups is 1. The number of nitrogens with zero attached hydrogens (tertiary/aromatic N) is 6. The first-order valence-corrected chi connectivity index (χ1v) is 33.9. The van der Waals surface area contributed by atoms with Crippen LogP contribution in [0.25, 0.3) is 0 Å². The standard InChI is InChI=1S/C38H42N4O6.C35H50N4O6S/c1-27-7-11-29(12-8-27)41(25-36-39-19-20-40-36)31-4-2-5-35(22-31)48-38(45)26-47-33-16-9-28(10-17-33)24-42-30(14-18-37(42)44)13-15-32(43)23-34-6-3-21-46-34;1-35(2,3)36-24-27(22-30-34(38-46-37-30)39-17-19-44-20-18-39)45-33(43)14-10-5-4-9-13-28-29(32(42)23-31(28)41)16-15-26(40)21-25-11-7-6-8-12-25/h2-12,16-17,21-22,30,32,43H,13-15,18-20,23-26H2,1H3,(H,39,40);4,6-9,11-12,27-29,32,36,42H,5,10,13-24H2,1-3H3/b;9-4-/t30-,32?;27?,28?,29?,32-/m01/s1. The van der Waals surface area contributed by atoms with Crippen molar-refractivity contribution in [3.05, 3.63) is 162 Å². The molecule has 10 rings (SSSR count). The second-order valence-electron chi connectivity index (χ2n) is 25.7. The van der Waals surface area contributed by atoms with E-state index < -0.39 is 18.2 Å². The third-order valence-corrected chi connectivity index (χ3v) is 17.8. The molecule has 4 aliphatic rings. The fraction of sp³-hybridized carbons (Fsp3) is 0.479. The van der Waals surface area contributed by atoms with Crippen LogP contribution in [0.5, 0.6) is 11.5 Å². The zero-order valence-electron chi connectivity index (χ0n) is 54.7. The predicted octanol–water partition coefficient (Wildman–Crippen LogP) is 10.1. The van der Waals surface area contributed by atoms with E-state index in [1.165, 1.54) is 17.3 Å². The minimum absolute atomic E-state index is 0.0585. The number of rotatable bonds is 32. The summed E-state index contributed by atoms with van der Waals surface area (Å²) in [6.07, 6.45) is 11.1. The van der Waals surface area contributed by atoms with Crippen LogP contribution >= 0.6 is 11.7 Å². The highest BCUT2D eigenvalue weighted by molar-refractivity contribution is 6.99. The molecule has 1 aliphatic carbocycles. The van der Waals surface area contributed by atoms with E-state index in [2.05, 4.69) is 86.1 Å². The van der Waals surface area contributed by atoms with Crippen molar-refractivity contribution < 1.29 is 57.6 Å². The molecule has 502 valence electrons. The molecular weight excluding hydrogens is 1210 g/mol. The van der Waals surface area contributed by atoms with Crippen LogP contribution in [-0.2, 0) is 59.3 Å². The highest BCUT2D eigenvalue weighted by atomic mass is 32.1. The van der Waals surface area contributed by atoms with E-state index in [1.54, 1.807) is 24.5 Å². The molecule has 0 spiro atoms. The maximum absolute atomic E-state index is 12.9. The smallest absolute Gasteiger partial charge is 0.349 e. The minimum Gasteiger partial charge on any atom is -0.482 e. The Morgan fingerprint density at radius 1 is 0.872 bits per heavy atom. The lowest BCUT2D eigenvalue weighted by molar-refractivity contribution is -0.149. The first kappa shape index (κ1) is 70.2. The number of anilines is 3. The van der Waals surface area contributed by atoms with E-state index >= 15 is 0 Å². The number of carbonyl (C=O) groups excluding carboxylic acids is 5. The Hall–Kier alpha value is -8.08. The highest BCUT2D eigenvalue weighted by Gasteiger charge is 2.40. The summed E-state index contributed by atoms with van der Waals surface area (Å²) >= 11 is 1.18. The van der Waals surface area contributed by atoms with Crippen LogP contribution in [0.1, 0.15) is 120 Å². The molecule has 6 atom stereocenters. The summed E-state index contributed by atoms with van der Waals surface area (Å²) in [5, 5.41) is 27.8. The number of morpholine rings is 1. The van der Waals surface area contributed by atoms with Gasteiger partial charge in [0.25, 0.3) is 0 Å². The van der Waals surface area contributed by atoms with E-state index in [4.69, 9.17) is 23.4 Å². The molecule has 20 nitrogen and oxygen atoms in total. The Morgan fingerprint density at radius 2 is 1.67 bits per heavy atom. The summed E-state index contributed by atoms with van der Waals surface area (Å²) in [5.41, 5.74) is 5.72. The number of aryl methyl sites for hydroxylation is 1. The van der Waals surface area contributed by atoms with Gasteiger partial charge in [-0.2, -0.15) is 8.75 Å². The predicted molar refractivity (Wildman–Crippen MR) is 363 cm³/mol. The number of unbranched alkanes of at least 4 members (excludes halogenated alkanes) is 1. The van der Waals surface area contributed by atoms with Crippen LogP contribution in [-0.4, -0.2) is 148 Å². The number of allylic oxidation sites excluding steroid dienone is 2. The molecule has 0 bridgehead atoms. The molecule has 4 aromatic carbocycles. The van der Waals surface area contributed by atoms with Gasteiger partial charge in [0.2, 0.25) is 5.91 Å². The lowest BCUT2D eigenvalue weighted by Gasteiger charge is -2.28. The van der Waals surface area contributed by atoms with Crippen molar-refractivity contribution in [2.24, 2.45) is 16.8 Å². The third-order valence-electron chi connectivity index (χ3n) is 17.3. The van der Waals surface area contributed by atoms with E-state index in [9.17, 15) is 34.2 Å². The van der Waals surface area contributed by atoms with Crippen molar-refractivity contribution in [3.63, 3.8) is 0 Å². The molecule has 3 aliphatic heterocycles. The number of aromatic nitrogens is 2. The summed E-state index contributed by atoms with van der Waals surface area (Å²) in [4.78, 5) is 74.2. The monoisotopic (exact) mass is 1300 g/mol. The molecular formula is C73H92N8O12S. The number of Topliss-reactive ketones (excluding diaryl/α,β-unsaturated/α-hetero) is 2. The Labute approximate surface area is 556 Å². The summed E-state index contributed by atoms with van der Waals surface area (Å²) in [5.74, 6) is 2.54. The number of furan rings is 1. The molecule has 1 saturated carbocycles. The van der Waals surface area contributed by atoms with Crippen molar-refractivity contribution in [3.8, 4) is 11.5 Å². The first-order valence-electron chi connectivity index (χ1n) is 33.1. The van der Waals surface area contributed by atoms with Gasteiger partial charge in [-0.25, -0.2) is 4.79 Å². The Kier molecular flexibility index (Phi) is 26.5. The number of ketones is 2. The van der Waals surface area contributed by atoms with Crippen molar-refractivity contribution >= 4 is 64.2 Å². The van der Waals surface area contributed by atoms with Gasteiger partial charge in [0.1, 0.15) is 46.5 Å². The average molecular weight is 1310 g/mol. The molecule has 3 fully saturated rings. The van der Waals surface area contributed by atoms with Gasteiger partial charge < -0.3 is 58.9 Å². The fourth-order valence-electron chi connectivity index (χ4n) is 12.2. The third kappa shape index (κ3) is 22.3. The topological polar surface area (TPSA) is 248 Å². The minimum atomic E-state index is -0.698. The van der Waals surface area contributed by atoms with E-state index in [1.807, 2.05) is 89.8 Å². The largest absolute Gasteiger partial charge is 0.482 e. The number of aliphatic hydroxyl groups is 2. The Balaban J connectivity index is 0.000000222. The van der Waals surface area contributed by atoms with Crippen LogP contribution < -0.4 is 29.9 Å². The number of aliphatic hydroxyl groups excluding tert-OH is 2. The molecule has 0 radical (unpaired) electrons. The van der Waals surface area contributed by atoms with Gasteiger partial charge in [-0.05, 0) is 138 Å². The van der Waals surface area contributed by atoms with Crippen LogP contribution in [0.3, 0.4) is 0 Å².